The summed E-state index contributed by atoms with van der Waals surface area (Å²) < 4.78 is 0. The molecule has 820 valence electrons. The van der Waals surface area contributed by atoms with E-state index in [1.54, 1.807) is 0 Å². The molecule has 0 aromatic heterocycles. The normalized spacial score (nSPS) is 31.1. The van der Waals surface area contributed by atoms with Crippen molar-refractivity contribution in [2.45, 2.75) is 434 Å². The molecule has 3 aliphatic carbocycles. The zero-order chi connectivity index (χ0) is 106. The largest absolute Gasteiger partial charge is 0.355 e. The monoisotopic (exact) mass is 1990 g/mol. The van der Waals surface area contributed by atoms with E-state index in [0.717, 1.165) is 194 Å². The average Bonchev–Trinajstić information content (AvgIpc) is 1.68. The number of carbonyl (C=O) groups is 10. The number of likely N-dealkylation sites (N-methyl/N-ethyl adjacent to an activating group) is 12. The Morgan fingerprint density at radius 3 is 0.901 bits per heavy atom. The summed E-state index contributed by atoms with van der Waals surface area (Å²) in [6.07, 6.45) is 33.4. The molecule has 13 fully saturated rings. The van der Waals surface area contributed by atoms with Crippen molar-refractivity contribution < 1.29 is 47.9 Å². The molecule has 141 heavy (non-hydrogen) atoms. The van der Waals surface area contributed by atoms with Crippen LogP contribution in [0.4, 0.5) is 0 Å². The number of nitrogens with zero attached hydrogens (tertiary/aromatic N) is 9. The first-order valence-electron chi connectivity index (χ1n) is 56.3. The standard InChI is InChI=1S/C13H24N2O.C13H26N2O.C12H22N2O.2C12H24N2O.C11H20N2O.C11H22N2O.C10H20N2O.C9H18N2O.C8H16N2O/c1-10-7-8-15(11-5-3-4-6-11)13(16)12(9-10)14-2;1-6-13(3,4)15-8-7-10(2)9-11(14-5)12(15)16;1-9-6-7-14(10-4-3-5-10)12(15)11(8-9)13-2;1-9-6-7-14(12(2,3)4)11(15)10(8-9)13-5;1-9(2)8-14-6-5-10(3)7-11(13-4)12(14)15;1-8-5-6-13(9-3-4-9)11(14)10(7-8)12-2;1-8(2)13-6-5-9(3)7-10(12-4)11(13)14;1-4-12-6-5-8(2)7-9(11-3)10(12)13;1-7-4-5-11(3)9(12)8(6-7)10-2;1-6-3-4-10-8(11)7(5-6)9-2/h10-12,14H,3-9H2,1-2H3;10-11,14H,6-9H2,1-5H3;9-11,13H,3-8H2,1-2H3;9-10,13H,6-8H2,1-5H3;9-11,13H,5-8H2,1-4H3;8-10,12H,3-7H2,1-2H3;8-10,12H,5-7H2,1-4H3;8-9,11H,4-7H2,1-3H3;7-8,10H,4-6H2,1-3H3;6-7,9H,3-5H2,1-2H3,(H,10,11). The molecule has 20 unspecified atom stereocenters. The Labute approximate surface area is 859 Å². The Balaban J connectivity index is 0.000000327. The van der Waals surface area contributed by atoms with Crippen molar-refractivity contribution in [2.75, 3.05) is 156 Å². The van der Waals surface area contributed by atoms with E-state index in [0.29, 0.717) is 107 Å². The van der Waals surface area contributed by atoms with Gasteiger partial charge in [-0.2, -0.15) is 0 Å². The molecule has 13 aliphatic rings. The molecule has 20 atom stereocenters. The Morgan fingerprint density at radius 2 is 0.574 bits per heavy atom. The molecule has 3 saturated carbocycles. The lowest BCUT2D eigenvalue weighted by Gasteiger charge is -2.38. The average molecular weight is 1990 g/mol. The number of rotatable bonds is 19. The van der Waals surface area contributed by atoms with Gasteiger partial charge >= 0.3 is 0 Å². The Hall–Kier alpha value is -5.70. The lowest BCUT2D eigenvalue weighted by Crippen LogP contribution is -2.53. The molecule has 30 heteroatoms. The van der Waals surface area contributed by atoms with Crippen LogP contribution in [0.15, 0.2) is 0 Å². The SMILES string of the molecule is CCC(C)(C)N1CCC(C)CC(NC)C1=O.CCN1CCC(C)CC(NC)C1=O.CNC1CC(C)CCN(C(C)(C)C)C1=O.CNC1CC(C)CCN(C(C)C)C1=O.CNC1CC(C)CCN(C)C1=O.CNC1CC(C)CCN(C2CC2)C1=O.CNC1CC(C)CCN(C2CCC2)C1=O.CNC1CC(C)CCN(C2CCCC2)C1=O.CNC1CC(C)CCN(CC(C)C)C1=O.CNC1CC(C)CCNC1=O. The third-order valence-electron chi connectivity index (χ3n) is 32.6. The number of amides is 10. The van der Waals surface area contributed by atoms with Crippen LogP contribution in [0, 0.1) is 65.1 Å². The number of nitrogens with one attached hydrogen (secondary N) is 11. The van der Waals surface area contributed by atoms with Gasteiger partial charge in [0.2, 0.25) is 59.1 Å². The molecule has 11 N–H and O–H groups in total. The van der Waals surface area contributed by atoms with Crippen LogP contribution >= 0.6 is 0 Å². The van der Waals surface area contributed by atoms with Gasteiger partial charge in [0.25, 0.3) is 0 Å². The first kappa shape index (κ1) is 128. The molecule has 0 spiro atoms. The fourth-order valence-corrected chi connectivity index (χ4v) is 21.7. The van der Waals surface area contributed by atoms with E-state index in [1.807, 2.05) is 109 Å². The summed E-state index contributed by atoms with van der Waals surface area (Å²) in [5.41, 5.74) is -0.0769. The van der Waals surface area contributed by atoms with Crippen molar-refractivity contribution in [3.05, 3.63) is 0 Å². The van der Waals surface area contributed by atoms with Crippen LogP contribution in [-0.4, -0.2) is 355 Å². The van der Waals surface area contributed by atoms with Gasteiger partial charge in [-0.15, -0.1) is 0 Å². The maximum absolute atomic E-state index is 12.4. The van der Waals surface area contributed by atoms with Gasteiger partial charge < -0.3 is 103 Å². The van der Waals surface area contributed by atoms with E-state index in [-0.39, 0.29) is 113 Å². The first-order chi connectivity index (χ1) is 66.6. The first-order valence-corrected chi connectivity index (χ1v) is 56.3. The van der Waals surface area contributed by atoms with Gasteiger partial charge in [0.1, 0.15) is 0 Å². The van der Waals surface area contributed by atoms with Crippen LogP contribution in [0.1, 0.15) is 338 Å². The highest BCUT2D eigenvalue weighted by atomic mass is 16.2. The quantitative estimate of drug-likeness (QED) is 0.0572. The molecule has 0 radical (unpaired) electrons. The molecular formula is C111H216N20O10. The van der Waals surface area contributed by atoms with E-state index in [2.05, 4.69) is 217 Å². The summed E-state index contributed by atoms with van der Waals surface area (Å²) in [5, 5.41) is 34.1. The number of hydrogen-bond acceptors (Lipinski definition) is 20. The summed E-state index contributed by atoms with van der Waals surface area (Å²) >= 11 is 0. The van der Waals surface area contributed by atoms with Gasteiger partial charge in [0.15, 0.2) is 0 Å². The molecule has 0 aromatic rings. The lowest BCUT2D eigenvalue weighted by atomic mass is 9.91. The number of likely N-dealkylation sites (tertiary alicyclic amines) is 9. The van der Waals surface area contributed by atoms with E-state index >= 15 is 0 Å². The van der Waals surface area contributed by atoms with Gasteiger partial charge in [-0.1, -0.05) is 103 Å². The van der Waals surface area contributed by atoms with Crippen LogP contribution in [0.5, 0.6) is 0 Å². The molecule has 10 aliphatic heterocycles. The Bertz CT molecular complexity index is 3580. The molecule has 0 aromatic carbocycles. The highest BCUT2D eigenvalue weighted by molar-refractivity contribution is 5.87. The summed E-state index contributed by atoms with van der Waals surface area (Å²) in [6, 6.07) is 2.31. The van der Waals surface area contributed by atoms with Gasteiger partial charge in [-0.05, 0) is 371 Å². The molecular weight excluding hydrogens is 1770 g/mol. The zero-order valence-electron chi connectivity index (χ0n) is 95.7. The fourth-order valence-electron chi connectivity index (χ4n) is 21.7. The second-order valence-electron chi connectivity index (χ2n) is 47.1. The fraction of sp³-hybridized carbons (Fsp3) is 0.910. The maximum Gasteiger partial charge on any atom is 0.240 e. The third kappa shape index (κ3) is 42.8. The van der Waals surface area contributed by atoms with Crippen molar-refractivity contribution in [1.29, 1.82) is 0 Å². The molecule has 10 heterocycles. The van der Waals surface area contributed by atoms with Gasteiger partial charge in [0.05, 0.1) is 60.4 Å². The summed E-state index contributed by atoms with van der Waals surface area (Å²) in [7, 11) is 20.7. The molecule has 10 amide bonds. The molecule has 13 rings (SSSR count). The second kappa shape index (κ2) is 65.2. The van der Waals surface area contributed by atoms with Gasteiger partial charge in [0, 0.05) is 121 Å². The predicted molar refractivity (Wildman–Crippen MR) is 579 cm³/mol. The smallest absolute Gasteiger partial charge is 0.240 e. The van der Waals surface area contributed by atoms with E-state index < -0.39 is 0 Å². The van der Waals surface area contributed by atoms with Crippen LogP contribution < -0.4 is 58.5 Å². The van der Waals surface area contributed by atoms with E-state index in [4.69, 9.17) is 0 Å². The molecule has 30 nitrogen and oxygen atoms in total. The minimum Gasteiger partial charge on any atom is -0.355 e. The van der Waals surface area contributed by atoms with E-state index in [9.17, 15) is 47.9 Å². The van der Waals surface area contributed by atoms with Gasteiger partial charge in [-0.3, -0.25) is 47.9 Å². The lowest BCUT2D eigenvalue weighted by molar-refractivity contribution is -0.138. The van der Waals surface area contributed by atoms with Gasteiger partial charge in [-0.25, -0.2) is 0 Å². The van der Waals surface area contributed by atoms with Crippen LogP contribution in [0.3, 0.4) is 0 Å². The maximum atomic E-state index is 12.4. The molecule has 10 saturated heterocycles. The van der Waals surface area contributed by atoms with Crippen LogP contribution in [0.25, 0.3) is 0 Å². The predicted octanol–water partition coefficient (Wildman–Crippen LogP) is 12.0. The van der Waals surface area contributed by atoms with Crippen LogP contribution in [0.2, 0.25) is 0 Å². The summed E-state index contributed by atoms with van der Waals surface area (Å²) in [6.45, 7) is 56.5. The topological polar surface area (TPSA) is 332 Å². The summed E-state index contributed by atoms with van der Waals surface area (Å²) in [5.74, 6) is 9.79. The second-order valence-corrected chi connectivity index (χ2v) is 47.1. The summed E-state index contributed by atoms with van der Waals surface area (Å²) in [4.78, 5) is 138. The van der Waals surface area contributed by atoms with Crippen molar-refractivity contribution in [2.24, 2.45) is 65.1 Å². The van der Waals surface area contributed by atoms with Crippen molar-refractivity contribution in [1.82, 2.24) is 103 Å². The van der Waals surface area contributed by atoms with Crippen molar-refractivity contribution >= 4 is 59.1 Å². The minimum atomic E-state index is -0.0593. The zero-order valence-corrected chi connectivity index (χ0v) is 95.7. The Morgan fingerprint density at radius 1 is 0.298 bits per heavy atom. The van der Waals surface area contributed by atoms with Crippen LogP contribution in [-0.2, 0) is 47.9 Å². The minimum absolute atomic E-state index is 0.00160. The van der Waals surface area contributed by atoms with Crippen molar-refractivity contribution in [3.8, 4) is 0 Å². The Kier molecular flexibility index (Phi) is 59.0. The highest BCUT2D eigenvalue weighted by Gasteiger charge is 2.43. The van der Waals surface area contributed by atoms with E-state index in [1.165, 1.54) is 77.0 Å². The highest BCUT2D eigenvalue weighted by Crippen LogP contribution is 2.35. The number of carbonyl (C=O) groups excluding carboxylic acids is 10. The third-order valence-corrected chi connectivity index (χ3v) is 32.6. The molecule has 0 bridgehead atoms. The van der Waals surface area contributed by atoms with Crippen molar-refractivity contribution in [3.63, 3.8) is 0 Å². The number of hydrogen-bond donors (Lipinski definition) is 11.